The number of likely N-dealkylation sites (N-methyl/N-ethyl adjacent to an activating group) is 1. The van der Waals surface area contributed by atoms with E-state index in [1.807, 2.05) is 25.8 Å². The Kier molecular flexibility index (Phi) is 6.01. The van der Waals surface area contributed by atoms with E-state index in [-0.39, 0.29) is 35.7 Å². The van der Waals surface area contributed by atoms with Gasteiger partial charge in [0.2, 0.25) is 11.7 Å². The lowest BCUT2D eigenvalue weighted by molar-refractivity contribution is -0.137. The van der Waals surface area contributed by atoms with Crippen LogP contribution >= 0.6 is 11.6 Å². The summed E-state index contributed by atoms with van der Waals surface area (Å²) >= 11 is 6.25. The van der Waals surface area contributed by atoms with Crippen molar-refractivity contribution in [3.8, 4) is 28.7 Å². The van der Waals surface area contributed by atoms with Gasteiger partial charge in [0.1, 0.15) is 10.8 Å². The number of hydrogen-bond acceptors (Lipinski definition) is 7. The Balaban J connectivity index is 1.68. The van der Waals surface area contributed by atoms with E-state index in [2.05, 4.69) is 15.1 Å². The van der Waals surface area contributed by atoms with Crippen LogP contribution in [0.1, 0.15) is 38.2 Å². The lowest BCUT2D eigenvalue weighted by Gasteiger charge is -2.15. The smallest absolute Gasteiger partial charge is 0.303 e. The number of carboxylic acids is 1. The molecule has 1 atom stereocenters. The summed E-state index contributed by atoms with van der Waals surface area (Å²) in [6.45, 7) is 4.32. The molecule has 8 nitrogen and oxygen atoms in total. The van der Waals surface area contributed by atoms with Crippen molar-refractivity contribution in [1.82, 2.24) is 15.1 Å². The number of anilines is 1. The third-order valence-electron chi connectivity index (χ3n) is 5.23. The van der Waals surface area contributed by atoms with Crippen molar-refractivity contribution in [2.45, 2.75) is 38.7 Å². The summed E-state index contributed by atoms with van der Waals surface area (Å²) in [4.78, 5) is 21.5. The average Bonchev–Trinajstić information content (AvgIpc) is 3.33. The third-order valence-corrected chi connectivity index (χ3v) is 5.50. The van der Waals surface area contributed by atoms with Crippen LogP contribution < -0.4 is 9.64 Å². The number of nitrogens with zero attached hydrogens (tertiary/aromatic N) is 4. The molecule has 0 spiro atoms. The molecule has 0 radical (unpaired) electrons. The number of benzene rings is 1. The number of aliphatic carboxylic acids is 1. The van der Waals surface area contributed by atoms with Crippen LogP contribution in [0.4, 0.5) is 10.1 Å². The zero-order valence-electron chi connectivity index (χ0n) is 17.8. The van der Waals surface area contributed by atoms with Crippen LogP contribution in [0.5, 0.6) is 5.88 Å². The van der Waals surface area contributed by atoms with Crippen LogP contribution in [0.25, 0.3) is 22.8 Å². The monoisotopic (exact) mass is 460 g/mol. The van der Waals surface area contributed by atoms with E-state index in [0.717, 1.165) is 5.56 Å². The molecule has 4 rings (SSSR count). The topological polar surface area (TPSA) is 102 Å². The van der Waals surface area contributed by atoms with Crippen LogP contribution in [-0.4, -0.2) is 45.9 Å². The highest BCUT2D eigenvalue weighted by molar-refractivity contribution is 6.32. The number of carbonyl (C=O) groups is 1. The summed E-state index contributed by atoms with van der Waals surface area (Å²) in [5.41, 5.74) is 2.21. The first-order chi connectivity index (χ1) is 15.2. The van der Waals surface area contributed by atoms with Crippen molar-refractivity contribution >= 4 is 23.3 Å². The maximum absolute atomic E-state index is 14.9. The first-order valence-corrected chi connectivity index (χ1v) is 10.5. The van der Waals surface area contributed by atoms with Gasteiger partial charge < -0.3 is 19.3 Å². The maximum atomic E-state index is 14.9. The molecule has 0 aliphatic carbocycles. The van der Waals surface area contributed by atoms with Crippen LogP contribution in [-0.2, 0) is 4.79 Å². The Morgan fingerprint density at radius 1 is 1.44 bits per heavy atom. The summed E-state index contributed by atoms with van der Waals surface area (Å²) in [6.07, 6.45) is 1.92. The minimum Gasteiger partial charge on any atom is -0.481 e. The van der Waals surface area contributed by atoms with Crippen molar-refractivity contribution in [3.63, 3.8) is 0 Å². The predicted octanol–water partition coefficient (Wildman–Crippen LogP) is 4.78. The molecule has 3 aromatic rings. The van der Waals surface area contributed by atoms with Crippen molar-refractivity contribution in [3.05, 3.63) is 40.8 Å². The molecule has 1 aliphatic heterocycles. The van der Waals surface area contributed by atoms with E-state index in [4.69, 9.17) is 26.0 Å². The first-order valence-electron chi connectivity index (χ1n) is 10.2. The molecular formula is C22H22ClFN4O4. The van der Waals surface area contributed by atoms with E-state index in [1.165, 1.54) is 12.3 Å². The summed E-state index contributed by atoms with van der Waals surface area (Å²) < 4.78 is 25.8. The van der Waals surface area contributed by atoms with Gasteiger partial charge in [0.25, 0.3) is 5.89 Å². The number of fused-ring (bicyclic) bond motifs is 1. The van der Waals surface area contributed by atoms with Crippen LogP contribution in [0, 0.1) is 5.82 Å². The maximum Gasteiger partial charge on any atom is 0.303 e. The van der Waals surface area contributed by atoms with Crippen LogP contribution in [0.2, 0.25) is 5.02 Å². The summed E-state index contributed by atoms with van der Waals surface area (Å²) in [5.74, 6) is -0.828. The molecule has 0 fully saturated rings. The van der Waals surface area contributed by atoms with Crippen molar-refractivity contribution in [1.29, 1.82) is 0 Å². The molecule has 1 unspecified atom stereocenters. The summed E-state index contributed by atoms with van der Waals surface area (Å²) in [7, 11) is 1.83. The van der Waals surface area contributed by atoms with Gasteiger partial charge in [-0.25, -0.2) is 9.37 Å². The Hall–Kier alpha value is -3.20. The van der Waals surface area contributed by atoms with Gasteiger partial charge in [-0.1, -0.05) is 22.8 Å². The van der Waals surface area contributed by atoms with E-state index in [1.54, 1.807) is 12.1 Å². The minimum absolute atomic E-state index is 0.0201. The molecule has 0 amide bonds. The number of aromatic nitrogens is 3. The number of carboxylic acid groups (broad SMARTS) is 1. The molecule has 1 aliphatic rings. The van der Waals surface area contributed by atoms with E-state index < -0.39 is 11.8 Å². The standard InChI is InChI=1S/C22H22ClFN4O4/c1-11(2)31-22-15(23)8-13(9-25-22)21-26-20(27-32-21)18-16(24)6-5-14-12(4-7-17(29)30)10-28(3)19(14)18/h5-6,8-9,11-12H,4,7,10H2,1-3H3,(H,29,30). The quantitative estimate of drug-likeness (QED) is 0.537. The molecule has 1 aromatic carbocycles. The van der Waals surface area contributed by atoms with Crippen molar-refractivity contribution < 1.29 is 23.6 Å². The molecule has 3 heterocycles. The Morgan fingerprint density at radius 2 is 2.22 bits per heavy atom. The third kappa shape index (κ3) is 4.25. The fourth-order valence-corrected chi connectivity index (χ4v) is 4.11. The van der Waals surface area contributed by atoms with Gasteiger partial charge in [-0.05, 0) is 38.0 Å². The molecular weight excluding hydrogens is 439 g/mol. The normalized spacial score (nSPS) is 15.3. The van der Waals surface area contributed by atoms with Gasteiger partial charge in [-0.15, -0.1) is 0 Å². The van der Waals surface area contributed by atoms with E-state index >= 15 is 0 Å². The Morgan fingerprint density at radius 3 is 2.91 bits per heavy atom. The van der Waals surface area contributed by atoms with Gasteiger partial charge in [0, 0.05) is 32.1 Å². The minimum atomic E-state index is -0.858. The summed E-state index contributed by atoms with van der Waals surface area (Å²) in [6, 6.07) is 4.65. The number of hydrogen-bond donors (Lipinski definition) is 1. The lowest BCUT2D eigenvalue weighted by Crippen LogP contribution is -2.16. The molecule has 2 aromatic heterocycles. The molecule has 1 N–H and O–H groups in total. The highest BCUT2D eigenvalue weighted by Gasteiger charge is 2.32. The largest absolute Gasteiger partial charge is 0.481 e. The zero-order valence-corrected chi connectivity index (χ0v) is 18.6. The number of rotatable bonds is 7. The molecule has 0 saturated carbocycles. The Bertz CT molecular complexity index is 1170. The second-order valence-electron chi connectivity index (χ2n) is 7.97. The SMILES string of the molecule is CC(C)Oc1ncc(-c2nc(-c3c(F)ccc4c3N(C)CC4CCC(=O)O)no2)cc1Cl. The molecule has 0 saturated heterocycles. The molecule has 0 bridgehead atoms. The highest BCUT2D eigenvalue weighted by Crippen LogP contribution is 2.45. The average molecular weight is 461 g/mol. The molecule has 168 valence electrons. The molecule has 10 heteroatoms. The fraction of sp³-hybridized carbons (Fsp3) is 0.364. The summed E-state index contributed by atoms with van der Waals surface area (Å²) in [5, 5.41) is 13.3. The molecule has 32 heavy (non-hydrogen) atoms. The van der Waals surface area contributed by atoms with Gasteiger partial charge in [0.15, 0.2) is 0 Å². The Labute approximate surface area is 189 Å². The van der Waals surface area contributed by atoms with Gasteiger partial charge >= 0.3 is 5.97 Å². The van der Waals surface area contributed by atoms with Crippen LogP contribution in [0.3, 0.4) is 0 Å². The first kappa shape index (κ1) is 22.0. The highest BCUT2D eigenvalue weighted by atomic mass is 35.5. The second kappa shape index (κ2) is 8.74. The van der Waals surface area contributed by atoms with Gasteiger partial charge in [0.05, 0.1) is 22.9 Å². The second-order valence-corrected chi connectivity index (χ2v) is 8.38. The van der Waals surface area contributed by atoms with Gasteiger partial charge in [-0.3, -0.25) is 4.79 Å². The lowest BCUT2D eigenvalue weighted by atomic mass is 9.94. The number of ether oxygens (including phenoxy) is 1. The van der Waals surface area contributed by atoms with E-state index in [0.29, 0.717) is 35.1 Å². The van der Waals surface area contributed by atoms with Crippen molar-refractivity contribution in [2.24, 2.45) is 0 Å². The van der Waals surface area contributed by atoms with Crippen LogP contribution in [0.15, 0.2) is 28.9 Å². The van der Waals surface area contributed by atoms with Gasteiger partial charge in [-0.2, -0.15) is 4.98 Å². The zero-order chi connectivity index (χ0) is 23.0. The fourth-order valence-electron chi connectivity index (χ4n) is 3.90. The number of pyridine rings is 1. The van der Waals surface area contributed by atoms with Crippen molar-refractivity contribution in [2.75, 3.05) is 18.5 Å². The predicted molar refractivity (Wildman–Crippen MR) is 117 cm³/mol. The van der Waals surface area contributed by atoms with E-state index in [9.17, 15) is 9.18 Å². The number of halogens is 2.